The number of hydrogen-bond donors (Lipinski definition) is 1. The fraction of sp³-hybridized carbons (Fsp3) is 0.692. The Morgan fingerprint density at radius 3 is 2.72 bits per heavy atom. The van der Waals surface area contributed by atoms with Crippen molar-refractivity contribution in [2.75, 3.05) is 0 Å². The highest BCUT2D eigenvalue weighted by atomic mass is 16.5. The van der Waals surface area contributed by atoms with Crippen LogP contribution in [0.4, 0.5) is 0 Å². The molecular weight excluding hydrogens is 230 g/mol. The van der Waals surface area contributed by atoms with E-state index in [2.05, 4.69) is 10.4 Å². The number of hydrogen-bond acceptors (Lipinski definition) is 3. The van der Waals surface area contributed by atoms with E-state index in [-0.39, 0.29) is 11.4 Å². The minimum absolute atomic E-state index is 0.105. The van der Waals surface area contributed by atoms with E-state index in [0.29, 0.717) is 5.75 Å². The molecule has 0 aliphatic carbocycles. The molecule has 1 unspecified atom stereocenters. The van der Waals surface area contributed by atoms with E-state index in [1.165, 1.54) is 0 Å². The molecule has 1 heterocycles. The summed E-state index contributed by atoms with van der Waals surface area (Å²) in [5, 5.41) is 7.05. The van der Waals surface area contributed by atoms with Crippen LogP contribution in [0.2, 0.25) is 0 Å². The Labute approximate surface area is 109 Å². The minimum atomic E-state index is -0.523. The molecule has 1 amide bonds. The lowest BCUT2D eigenvalue weighted by Crippen LogP contribution is -2.48. The molecule has 0 aromatic carbocycles. The summed E-state index contributed by atoms with van der Waals surface area (Å²) in [6.45, 7) is 10.5. The van der Waals surface area contributed by atoms with Crippen molar-refractivity contribution in [1.82, 2.24) is 15.1 Å². The number of carbonyl (C=O) groups excluding carboxylic acids is 1. The highest BCUT2D eigenvalue weighted by Crippen LogP contribution is 2.12. The van der Waals surface area contributed by atoms with Crippen molar-refractivity contribution < 1.29 is 9.53 Å². The molecule has 0 saturated carbocycles. The van der Waals surface area contributed by atoms with Gasteiger partial charge in [-0.05, 0) is 34.1 Å². The van der Waals surface area contributed by atoms with Crippen LogP contribution in [0.5, 0.6) is 5.75 Å². The summed E-state index contributed by atoms with van der Waals surface area (Å²) >= 11 is 0. The number of nitrogens with one attached hydrogen (secondary N) is 1. The van der Waals surface area contributed by atoms with Gasteiger partial charge in [0, 0.05) is 12.1 Å². The van der Waals surface area contributed by atoms with Gasteiger partial charge in [0.15, 0.2) is 11.9 Å². The van der Waals surface area contributed by atoms with E-state index in [0.717, 1.165) is 13.0 Å². The predicted molar refractivity (Wildman–Crippen MR) is 70.5 cm³/mol. The van der Waals surface area contributed by atoms with Gasteiger partial charge in [-0.2, -0.15) is 5.10 Å². The van der Waals surface area contributed by atoms with Gasteiger partial charge in [0.2, 0.25) is 0 Å². The van der Waals surface area contributed by atoms with Crippen LogP contribution in [0.3, 0.4) is 0 Å². The molecular formula is C13H23N3O2. The van der Waals surface area contributed by atoms with Crippen molar-refractivity contribution in [2.45, 2.75) is 59.2 Å². The van der Waals surface area contributed by atoms with Crippen LogP contribution in [0, 0.1) is 0 Å². The number of aryl methyl sites for hydroxylation is 1. The average Bonchev–Trinajstić information content (AvgIpc) is 2.76. The molecule has 1 N–H and O–H groups in total. The molecule has 5 nitrogen and oxygen atoms in total. The molecule has 1 rings (SSSR count). The van der Waals surface area contributed by atoms with Gasteiger partial charge in [0.1, 0.15) is 0 Å². The van der Waals surface area contributed by atoms with Crippen LogP contribution in [-0.4, -0.2) is 27.3 Å². The quantitative estimate of drug-likeness (QED) is 0.843. The van der Waals surface area contributed by atoms with E-state index < -0.39 is 6.10 Å². The van der Waals surface area contributed by atoms with Crippen molar-refractivity contribution in [1.29, 1.82) is 0 Å². The standard InChI is InChI=1S/C13H23N3O2/c1-6-13(4,5)15-12(17)10(3)18-11-8-14-16(7-2)9-11/h8-10H,6-7H2,1-5H3,(H,15,17). The van der Waals surface area contributed by atoms with Crippen molar-refractivity contribution in [3.8, 4) is 5.75 Å². The molecule has 0 fully saturated rings. The van der Waals surface area contributed by atoms with Gasteiger partial charge >= 0.3 is 0 Å². The van der Waals surface area contributed by atoms with Crippen molar-refractivity contribution in [3.05, 3.63) is 12.4 Å². The number of nitrogens with zero attached hydrogens (tertiary/aromatic N) is 2. The third-order valence-corrected chi connectivity index (χ3v) is 2.96. The molecule has 0 spiro atoms. The molecule has 1 aromatic heterocycles. The Kier molecular flexibility index (Phi) is 4.76. The SMILES string of the molecule is CCn1cc(OC(C)C(=O)NC(C)(C)CC)cn1. The van der Waals surface area contributed by atoms with Crippen molar-refractivity contribution in [2.24, 2.45) is 0 Å². The number of ether oxygens (including phenoxy) is 1. The highest BCUT2D eigenvalue weighted by Gasteiger charge is 2.23. The Balaban J connectivity index is 2.54. The smallest absolute Gasteiger partial charge is 0.261 e. The first-order valence-electron chi connectivity index (χ1n) is 6.39. The van der Waals surface area contributed by atoms with E-state index >= 15 is 0 Å². The van der Waals surface area contributed by atoms with Gasteiger partial charge in [-0.15, -0.1) is 0 Å². The Morgan fingerprint density at radius 2 is 2.22 bits per heavy atom. The Morgan fingerprint density at radius 1 is 1.56 bits per heavy atom. The molecule has 1 atom stereocenters. The van der Waals surface area contributed by atoms with Gasteiger partial charge in [-0.3, -0.25) is 9.48 Å². The average molecular weight is 253 g/mol. The van der Waals surface area contributed by atoms with Gasteiger partial charge in [0.25, 0.3) is 5.91 Å². The fourth-order valence-electron chi connectivity index (χ4n) is 1.36. The minimum Gasteiger partial charge on any atom is -0.478 e. The summed E-state index contributed by atoms with van der Waals surface area (Å²) < 4.78 is 7.31. The van der Waals surface area contributed by atoms with E-state index in [1.807, 2.05) is 27.7 Å². The normalized spacial score (nSPS) is 13.2. The number of amides is 1. The molecule has 0 radical (unpaired) electrons. The molecule has 0 saturated heterocycles. The largest absolute Gasteiger partial charge is 0.478 e. The first-order valence-corrected chi connectivity index (χ1v) is 6.39. The van der Waals surface area contributed by atoms with E-state index in [4.69, 9.17) is 4.74 Å². The number of aromatic nitrogens is 2. The monoisotopic (exact) mass is 253 g/mol. The topological polar surface area (TPSA) is 56.1 Å². The summed E-state index contributed by atoms with van der Waals surface area (Å²) in [4.78, 5) is 11.9. The van der Waals surface area contributed by atoms with Crippen molar-refractivity contribution >= 4 is 5.91 Å². The van der Waals surface area contributed by atoms with Crippen LogP contribution in [0.25, 0.3) is 0 Å². The summed E-state index contributed by atoms with van der Waals surface area (Å²) in [6.07, 6.45) is 3.76. The van der Waals surface area contributed by atoms with Gasteiger partial charge in [-0.25, -0.2) is 0 Å². The fourth-order valence-corrected chi connectivity index (χ4v) is 1.36. The molecule has 1 aromatic rings. The molecule has 102 valence electrons. The zero-order valence-electron chi connectivity index (χ0n) is 11.9. The van der Waals surface area contributed by atoms with Crippen LogP contribution < -0.4 is 10.1 Å². The van der Waals surface area contributed by atoms with Gasteiger partial charge in [0.05, 0.1) is 12.4 Å². The van der Waals surface area contributed by atoms with E-state index in [9.17, 15) is 4.79 Å². The zero-order valence-corrected chi connectivity index (χ0v) is 11.9. The zero-order chi connectivity index (χ0) is 13.8. The maximum Gasteiger partial charge on any atom is 0.261 e. The maximum atomic E-state index is 11.9. The van der Waals surface area contributed by atoms with E-state index in [1.54, 1.807) is 24.0 Å². The molecule has 18 heavy (non-hydrogen) atoms. The second-order valence-corrected chi connectivity index (χ2v) is 5.02. The lowest BCUT2D eigenvalue weighted by atomic mass is 10.0. The molecule has 0 aliphatic heterocycles. The molecule has 5 heteroatoms. The van der Waals surface area contributed by atoms with Gasteiger partial charge in [-0.1, -0.05) is 6.92 Å². The molecule has 0 aliphatic rings. The lowest BCUT2D eigenvalue weighted by molar-refractivity contribution is -0.128. The van der Waals surface area contributed by atoms with Crippen LogP contribution in [0.1, 0.15) is 41.0 Å². The first-order chi connectivity index (χ1) is 8.38. The second kappa shape index (κ2) is 5.89. The Hall–Kier alpha value is -1.52. The van der Waals surface area contributed by atoms with Crippen LogP contribution >= 0.6 is 0 Å². The molecule has 0 bridgehead atoms. The maximum absolute atomic E-state index is 11.9. The highest BCUT2D eigenvalue weighted by molar-refractivity contribution is 5.81. The predicted octanol–water partition coefficient (Wildman–Crippen LogP) is 1.98. The number of rotatable bonds is 6. The van der Waals surface area contributed by atoms with Crippen molar-refractivity contribution in [3.63, 3.8) is 0 Å². The third kappa shape index (κ3) is 4.05. The Bertz CT molecular complexity index is 399. The summed E-state index contributed by atoms with van der Waals surface area (Å²) in [6, 6.07) is 0. The van der Waals surface area contributed by atoms with Crippen LogP contribution in [0.15, 0.2) is 12.4 Å². The second-order valence-electron chi connectivity index (χ2n) is 5.02. The summed E-state index contributed by atoms with van der Waals surface area (Å²) in [7, 11) is 0. The summed E-state index contributed by atoms with van der Waals surface area (Å²) in [5.74, 6) is 0.514. The number of carbonyl (C=O) groups is 1. The lowest BCUT2D eigenvalue weighted by Gasteiger charge is -2.26. The summed E-state index contributed by atoms with van der Waals surface area (Å²) in [5.41, 5.74) is -0.206. The third-order valence-electron chi connectivity index (χ3n) is 2.96. The van der Waals surface area contributed by atoms with Crippen LogP contribution in [-0.2, 0) is 11.3 Å². The van der Waals surface area contributed by atoms with Gasteiger partial charge < -0.3 is 10.1 Å². The first kappa shape index (κ1) is 14.5.